The Hall–Kier alpha value is -1.91. The van der Waals surface area contributed by atoms with Gasteiger partial charge < -0.3 is 15.5 Å². The molecular weight excluding hydrogens is 269 g/mol. The third-order valence-electron chi connectivity index (χ3n) is 3.48. The predicted octanol–water partition coefficient (Wildman–Crippen LogP) is 2.79. The number of phenols is 1. The van der Waals surface area contributed by atoms with Crippen LogP contribution < -0.4 is 5.32 Å². The zero-order valence-corrected chi connectivity index (χ0v) is 12.0. The van der Waals surface area contributed by atoms with Crippen molar-refractivity contribution in [3.05, 3.63) is 65.5 Å². The standard InChI is InChI=1S/C17H20FNO2/c1-12(16-8-7-15(21)10-17(16)18)19-14(11-20)9-13-5-3-2-4-6-13/h2-8,10,12,14,19-21H,9,11H2,1H3/t12?,14-/m0/s1. The van der Waals surface area contributed by atoms with Crippen molar-refractivity contribution < 1.29 is 14.6 Å². The molecule has 0 aliphatic rings. The van der Waals surface area contributed by atoms with Gasteiger partial charge in [-0.1, -0.05) is 36.4 Å². The van der Waals surface area contributed by atoms with Crippen molar-refractivity contribution in [1.29, 1.82) is 0 Å². The Morgan fingerprint density at radius 2 is 1.86 bits per heavy atom. The maximum atomic E-state index is 13.8. The van der Waals surface area contributed by atoms with Gasteiger partial charge in [0.2, 0.25) is 0 Å². The largest absolute Gasteiger partial charge is 0.508 e. The number of aliphatic hydroxyl groups is 1. The average Bonchev–Trinajstić information content (AvgIpc) is 2.47. The van der Waals surface area contributed by atoms with Crippen LogP contribution in [0.4, 0.5) is 4.39 Å². The summed E-state index contributed by atoms with van der Waals surface area (Å²) in [6, 6.07) is 13.5. The fourth-order valence-electron chi connectivity index (χ4n) is 2.39. The number of aromatic hydroxyl groups is 1. The molecule has 2 rings (SSSR count). The van der Waals surface area contributed by atoms with Crippen molar-refractivity contribution in [3.8, 4) is 5.75 Å². The lowest BCUT2D eigenvalue weighted by atomic mass is 10.0. The predicted molar refractivity (Wildman–Crippen MR) is 80.6 cm³/mol. The van der Waals surface area contributed by atoms with E-state index < -0.39 is 5.82 Å². The highest BCUT2D eigenvalue weighted by Crippen LogP contribution is 2.21. The first kappa shape index (κ1) is 15.5. The van der Waals surface area contributed by atoms with Crippen molar-refractivity contribution in [2.75, 3.05) is 6.61 Å². The molecule has 0 spiro atoms. The highest BCUT2D eigenvalue weighted by Gasteiger charge is 2.16. The van der Waals surface area contributed by atoms with Gasteiger partial charge in [0, 0.05) is 23.7 Å². The molecular formula is C17H20FNO2. The fraction of sp³-hybridized carbons (Fsp3) is 0.294. The number of rotatable bonds is 6. The van der Waals surface area contributed by atoms with Crippen molar-refractivity contribution in [2.45, 2.75) is 25.4 Å². The minimum Gasteiger partial charge on any atom is -0.508 e. The van der Waals surface area contributed by atoms with Gasteiger partial charge in [-0.15, -0.1) is 0 Å². The van der Waals surface area contributed by atoms with Gasteiger partial charge in [-0.3, -0.25) is 0 Å². The Morgan fingerprint density at radius 3 is 2.48 bits per heavy atom. The summed E-state index contributed by atoms with van der Waals surface area (Å²) in [4.78, 5) is 0. The Kier molecular flexibility index (Phi) is 5.31. The Bertz CT molecular complexity index is 574. The molecule has 0 aliphatic heterocycles. The van der Waals surface area contributed by atoms with Crippen LogP contribution in [-0.4, -0.2) is 22.9 Å². The molecule has 3 N–H and O–H groups in total. The van der Waals surface area contributed by atoms with Gasteiger partial charge in [-0.25, -0.2) is 4.39 Å². The van der Waals surface area contributed by atoms with Gasteiger partial charge in [0.25, 0.3) is 0 Å². The Morgan fingerprint density at radius 1 is 1.14 bits per heavy atom. The van der Waals surface area contributed by atoms with E-state index in [0.717, 1.165) is 11.6 Å². The number of halogens is 1. The molecule has 2 aromatic carbocycles. The minimum atomic E-state index is -0.452. The molecule has 2 aromatic rings. The smallest absolute Gasteiger partial charge is 0.131 e. The van der Waals surface area contributed by atoms with E-state index in [-0.39, 0.29) is 24.4 Å². The van der Waals surface area contributed by atoms with Crippen molar-refractivity contribution in [2.24, 2.45) is 0 Å². The van der Waals surface area contributed by atoms with Crippen LogP contribution in [0, 0.1) is 5.82 Å². The molecule has 0 heterocycles. The van der Waals surface area contributed by atoms with Crippen LogP contribution in [0.5, 0.6) is 5.75 Å². The summed E-state index contributed by atoms with van der Waals surface area (Å²) in [6.07, 6.45) is 0.668. The van der Waals surface area contributed by atoms with Crippen molar-refractivity contribution in [1.82, 2.24) is 5.32 Å². The molecule has 2 atom stereocenters. The molecule has 21 heavy (non-hydrogen) atoms. The monoisotopic (exact) mass is 289 g/mol. The van der Waals surface area contributed by atoms with Gasteiger partial charge in [-0.05, 0) is 25.0 Å². The van der Waals surface area contributed by atoms with Gasteiger partial charge in [0.15, 0.2) is 0 Å². The average molecular weight is 289 g/mol. The summed E-state index contributed by atoms with van der Waals surface area (Å²) < 4.78 is 13.8. The summed E-state index contributed by atoms with van der Waals surface area (Å²) in [5, 5.41) is 22.0. The second-order valence-electron chi connectivity index (χ2n) is 5.16. The van der Waals surface area contributed by atoms with Crippen LogP contribution in [0.15, 0.2) is 48.5 Å². The second-order valence-corrected chi connectivity index (χ2v) is 5.16. The van der Waals surface area contributed by atoms with E-state index in [4.69, 9.17) is 0 Å². The summed E-state index contributed by atoms with van der Waals surface area (Å²) in [5.74, 6) is -0.544. The number of benzene rings is 2. The number of hydrogen-bond donors (Lipinski definition) is 3. The highest BCUT2D eigenvalue weighted by molar-refractivity contribution is 5.29. The second kappa shape index (κ2) is 7.20. The van der Waals surface area contributed by atoms with Crippen molar-refractivity contribution >= 4 is 0 Å². The van der Waals surface area contributed by atoms with Crippen LogP contribution in [0.2, 0.25) is 0 Å². The zero-order valence-electron chi connectivity index (χ0n) is 12.0. The SMILES string of the molecule is CC(N[C@H](CO)Cc1ccccc1)c1ccc(O)cc1F. The fourth-order valence-corrected chi connectivity index (χ4v) is 2.39. The molecule has 0 aliphatic carbocycles. The molecule has 112 valence electrons. The zero-order chi connectivity index (χ0) is 15.2. The minimum absolute atomic E-state index is 0.0288. The lowest BCUT2D eigenvalue weighted by molar-refractivity contribution is 0.232. The summed E-state index contributed by atoms with van der Waals surface area (Å²) in [7, 11) is 0. The third kappa shape index (κ3) is 4.28. The maximum Gasteiger partial charge on any atom is 0.131 e. The molecule has 0 fully saturated rings. The van der Waals surface area contributed by atoms with E-state index in [2.05, 4.69) is 5.32 Å². The molecule has 4 heteroatoms. The first-order chi connectivity index (χ1) is 10.1. The molecule has 0 bridgehead atoms. The highest BCUT2D eigenvalue weighted by atomic mass is 19.1. The number of phenolic OH excluding ortho intramolecular Hbond substituents is 1. The number of nitrogens with one attached hydrogen (secondary N) is 1. The molecule has 0 amide bonds. The number of hydrogen-bond acceptors (Lipinski definition) is 3. The molecule has 0 radical (unpaired) electrons. The summed E-state index contributed by atoms with van der Waals surface area (Å²) >= 11 is 0. The van der Waals surface area contributed by atoms with E-state index in [9.17, 15) is 14.6 Å². The first-order valence-electron chi connectivity index (χ1n) is 6.99. The first-order valence-corrected chi connectivity index (χ1v) is 6.99. The van der Waals surface area contributed by atoms with E-state index in [1.165, 1.54) is 6.07 Å². The third-order valence-corrected chi connectivity index (χ3v) is 3.48. The van der Waals surface area contributed by atoms with E-state index >= 15 is 0 Å². The quantitative estimate of drug-likeness (QED) is 0.766. The molecule has 3 nitrogen and oxygen atoms in total. The van der Waals surface area contributed by atoms with E-state index in [1.54, 1.807) is 6.07 Å². The Labute approximate surface area is 124 Å². The molecule has 0 saturated carbocycles. The summed E-state index contributed by atoms with van der Waals surface area (Å²) in [6.45, 7) is 1.81. The number of aliphatic hydroxyl groups excluding tert-OH is 1. The van der Waals surface area contributed by atoms with Crippen LogP contribution in [0.25, 0.3) is 0 Å². The molecule has 1 unspecified atom stereocenters. The summed E-state index contributed by atoms with van der Waals surface area (Å²) in [5.41, 5.74) is 1.58. The van der Waals surface area contributed by atoms with Gasteiger partial charge >= 0.3 is 0 Å². The Balaban J connectivity index is 2.04. The van der Waals surface area contributed by atoms with Crippen LogP contribution in [0.1, 0.15) is 24.1 Å². The van der Waals surface area contributed by atoms with Gasteiger partial charge in [-0.2, -0.15) is 0 Å². The van der Waals surface area contributed by atoms with Gasteiger partial charge in [0.05, 0.1) is 6.61 Å². The van der Waals surface area contributed by atoms with Crippen molar-refractivity contribution in [3.63, 3.8) is 0 Å². The molecule has 0 aromatic heterocycles. The lowest BCUT2D eigenvalue weighted by Crippen LogP contribution is -2.36. The van der Waals surface area contributed by atoms with Crippen LogP contribution in [-0.2, 0) is 6.42 Å². The maximum absolute atomic E-state index is 13.8. The van der Waals surface area contributed by atoms with E-state index in [0.29, 0.717) is 12.0 Å². The van der Waals surface area contributed by atoms with Crippen LogP contribution >= 0.6 is 0 Å². The topological polar surface area (TPSA) is 52.5 Å². The molecule has 0 saturated heterocycles. The normalized spacial score (nSPS) is 13.9. The van der Waals surface area contributed by atoms with E-state index in [1.807, 2.05) is 37.3 Å². The lowest BCUT2D eigenvalue weighted by Gasteiger charge is -2.22. The van der Waals surface area contributed by atoms with Crippen LogP contribution in [0.3, 0.4) is 0 Å². The van der Waals surface area contributed by atoms with Gasteiger partial charge in [0.1, 0.15) is 11.6 Å².